The molecule has 0 radical (unpaired) electrons. The average Bonchev–Trinajstić information content (AvgIpc) is 2.73. The van der Waals surface area contributed by atoms with Gasteiger partial charge in [0.05, 0.1) is 0 Å². The Kier molecular flexibility index (Phi) is 8.72. The molecule has 1 fully saturated rings. The molecule has 178 valence electrons. The van der Waals surface area contributed by atoms with Crippen LogP contribution in [0, 0.1) is 5.41 Å². The van der Waals surface area contributed by atoms with Gasteiger partial charge in [-0.1, -0.05) is 39.0 Å². The number of benzene rings is 1. The minimum atomic E-state index is -0.0557. The van der Waals surface area contributed by atoms with Gasteiger partial charge in [-0.2, -0.15) is 0 Å². The Balaban J connectivity index is 1.87. The first-order valence-corrected chi connectivity index (χ1v) is 12.2. The summed E-state index contributed by atoms with van der Waals surface area (Å²) in [7, 11) is 0. The van der Waals surface area contributed by atoms with Gasteiger partial charge < -0.3 is 19.4 Å². The van der Waals surface area contributed by atoms with Gasteiger partial charge in [0, 0.05) is 71.0 Å². The third-order valence-corrected chi connectivity index (χ3v) is 6.47. The predicted octanol–water partition coefficient (Wildman–Crippen LogP) is 4.08. The monoisotopic (exact) mass is 443 g/mol. The number of rotatable bonds is 2. The molecule has 2 aliphatic heterocycles. The molecule has 0 atom stereocenters. The molecule has 0 N–H and O–H groups in total. The smallest absolute Gasteiger partial charge is 0.223 e. The van der Waals surface area contributed by atoms with E-state index >= 15 is 0 Å². The van der Waals surface area contributed by atoms with Gasteiger partial charge >= 0.3 is 0 Å². The maximum absolute atomic E-state index is 13.3. The van der Waals surface area contributed by atoms with Crippen molar-refractivity contribution in [2.45, 2.75) is 72.4 Å². The maximum Gasteiger partial charge on any atom is 0.223 e. The molecule has 0 bridgehead atoms. The summed E-state index contributed by atoms with van der Waals surface area (Å²) in [6.45, 7) is 13.5. The van der Waals surface area contributed by atoms with E-state index in [1.54, 1.807) is 6.92 Å². The van der Waals surface area contributed by atoms with Crippen LogP contribution in [0.1, 0.15) is 65.4 Å². The number of carbonyl (C=O) groups excluding carboxylic acids is 2. The zero-order chi connectivity index (χ0) is 23.1. The van der Waals surface area contributed by atoms with Crippen LogP contribution in [0.5, 0.6) is 0 Å². The van der Waals surface area contributed by atoms with Gasteiger partial charge in [-0.15, -0.1) is 0 Å². The Morgan fingerprint density at radius 2 is 1.66 bits per heavy atom. The number of nitrogens with zero attached hydrogens (tertiary/aromatic N) is 3. The lowest BCUT2D eigenvalue weighted by Gasteiger charge is -2.36. The van der Waals surface area contributed by atoms with Crippen LogP contribution >= 0.6 is 0 Å². The van der Waals surface area contributed by atoms with Crippen molar-refractivity contribution in [2.75, 3.05) is 44.3 Å². The highest BCUT2D eigenvalue weighted by atomic mass is 16.5. The van der Waals surface area contributed by atoms with E-state index < -0.39 is 0 Å². The summed E-state index contributed by atoms with van der Waals surface area (Å²) in [6.07, 6.45) is 4.55. The van der Waals surface area contributed by atoms with Crippen LogP contribution in [-0.2, 0) is 20.9 Å². The summed E-state index contributed by atoms with van der Waals surface area (Å²) in [5, 5.41) is 0. The van der Waals surface area contributed by atoms with Crippen LogP contribution in [0.2, 0.25) is 0 Å². The fourth-order valence-corrected chi connectivity index (χ4v) is 4.84. The molecule has 3 rings (SSSR count). The second kappa shape index (κ2) is 11.3. The van der Waals surface area contributed by atoms with Crippen LogP contribution in [0.4, 0.5) is 5.69 Å². The molecular formula is C26H41N3O3. The maximum atomic E-state index is 13.3. The number of carbonyl (C=O) groups is 2. The quantitative estimate of drug-likeness (QED) is 0.691. The predicted molar refractivity (Wildman–Crippen MR) is 129 cm³/mol. The summed E-state index contributed by atoms with van der Waals surface area (Å²) in [5.41, 5.74) is 1.93. The van der Waals surface area contributed by atoms with Crippen molar-refractivity contribution in [3.05, 3.63) is 29.8 Å². The van der Waals surface area contributed by atoms with Crippen LogP contribution in [-0.4, -0.2) is 67.0 Å². The van der Waals surface area contributed by atoms with Gasteiger partial charge in [0.1, 0.15) is 0 Å². The third-order valence-electron chi connectivity index (χ3n) is 6.47. The van der Waals surface area contributed by atoms with Crippen molar-refractivity contribution < 1.29 is 14.3 Å². The number of ether oxygens (including phenoxy) is 1. The molecule has 6 nitrogen and oxygen atoms in total. The van der Waals surface area contributed by atoms with Crippen molar-refractivity contribution in [1.82, 2.24) is 9.80 Å². The van der Waals surface area contributed by atoms with Crippen LogP contribution in [0.25, 0.3) is 0 Å². The summed E-state index contributed by atoms with van der Waals surface area (Å²) >= 11 is 0. The largest absolute Gasteiger partial charge is 0.381 e. The van der Waals surface area contributed by atoms with E-state index in [0.29, 0.717) is 25.6 Å². The molecule has 1 aromatic rings. The standard InChI is InChI=1S/C26H41N3O3/c1-21(30)29-16-8-14-27(23-11-17-32-18-12-23)13-7-15-28(25(31)19-26(2,3)4)20-22-9-5-6-10-24(22)29/h5-6,9-10,23H,7-8,11-20H2,1-4H3. The zero-order valence-corrected chi connectivity index (χ0v) is 20.4. The first kappa shape index (κ1) is 24.7. The minimum absolute atomic E-state index is 0.0553. The topological polar surface area (TPSA) is 53.1 Å². The second-order valence-electron chi connectivity index (χ2n) is 10.4. The highest BCUT2D eigenvalue weighted by Crippen LogP contribution is 2.26. The number of anilines is 1. The molecule has 0 aromatic heterocycles. The summed E-state index contributed by atoms with van der Waals surface area (Å²) in [5.74, 6) is 0.246. The highest BCUT2D eigenvalue weighted by molar-refractivity contribution is 5.92. The van der Waals surface area contributed by atoms with Crippen molar-refractivity contribution in [3.8, 4) is 0 Å². The van der Waals surface area contributed by atoms with Crippen LogP contribution < -0.4 is 4.90 Å². The molecule has 32 heavy (non-hydrogen) atoms. The summed E-state index contributed by atoms with van der Waals surface area (Å²) < 4.78 is 5.58. The first-order chi connectivity index (χ1) is 15.2. The number of hydrogen-bond acceptors (Lipinski definition) is 4. The molecule has 1 aromatic carbocycles. The number of hydrogen-bond donors (Lipinski definition) is 0. The second-order valence-corrected chi connectivity index (χ2v) is 10.4. The lowest BCUT2D eigenvalue weighted by atomic mass is 9.91. The van der Waals surface area contributed by atoms with E-state index in [2.05, 4.69) is 31.7 Å². The number of amides is 2. The van der Waals surface area contributed by atoms with Gasteiger partial charge in [0.15, 0.2) is 0 Å². The summed E-state index contributed by atoms with van der Waals surface area (Å²) in [6, 6.07) is 8.59. The van der Waals surface area contributed by atoms with Crippen molar-refractivity contribution in [1.29, 1.82) is 0 Å². The average molecular weight is 444 g/mol. The normalized spacial score (nSPS) is 20.2. The van der Waals surface area contributed by atoms with Crippen LogP contribution in [0.15, 0.2) is 24.3 Å². The van der Waals surface area contributed by atoms with E-state index in [0.717, 1.165) is 69.8 Å². The van der Waals surface area contributed by atoms with Gasteiger partial charge in [0.2, 0.25) is 11.8 Å². The van der Waals surface area contributed by atoms with Gasteiger partial charge in [-0.25, -0.2) is 0 Å². The fourth-order valence-electron chi connectivity index (χ4n) is 4.84. The molecule has 2 heterocycles. The van der Waals surface area contributed by atoms with E-state index in [1.165, 1.54) is 0 Å². The molecule has 2 aliphatic rings. The fraction of sp³-hybridized carbons (Fsp3) is 0.692. The van der Waals surface area contributed by atoms with E-state index in [-0.39, 0.29) is 17.2 Å². The van der Waals surface area contributed by atoms with Gasteiger partial charge in [-0.3, -0.25) is 9.59 Å². The van der Waals surface area contributed by atoms with Gasteiger partial charge in [0.25, 0.3) is 0 Å². The molecular weight excluding hydrogens is 402 g/mol. The Labute approximate surface area is 193 Å². The number of para-hydroxylation sites is 1. The Morgan fingerprint density at radius 1 is 1.00 bits per heavy atom. The zero-order valence-electron chi connectivity index (χ0n) is 20.4. The Bertz CT molecular complexity index is 768. The molecule has 0 unspecified atom stereocenters. The van der Waals surface area contributed by atoms with Crippen molar-refractivity contribution in [2.24, 2.45) is 5.41 Å². The van der Waals surface area contributed by atoms with E-state index in [4.69, 9.17) is 4.74 Å². The SMILES string of the molecule is CC(=O)N1CCCN(C2CCOCC2)CCCN(C(=O)CC(C)(C)C)Cc2ccccc21. The Morgan fingerprint density at radius 3 is 2.31 bits per heavy atom. The van der Waals surface area contributed by atoms with Crippen molar-refractivity contribution >= 4 is 17.5 Å². The van der Waals surface area contributed by atoms with E-state index in [1.807, 2.05) is 28.0 Å². The summed E-state index contributed by atoms with van der Waals surface area (Å²) in [4.78, 5) is 32.3. The van der Waals surface area contributed by atoms with Crippen LogP contribution in [0.3, 0.4) is 0 Å². The number of fused-ring (bicyclic) bond motifs is 1. The molecule has 0 aliphatic carbocycles. The molecule has 2 amide bonds. The lowest BCUT2D eigenvalue weighted by Crippen LogP contribution is -2.44. The minimum Gasteiger partial charge on any atom is -0.381 e. The lowest BCUT2D eigenvalue weighted by molar-refractivity contribution is -0.133. The van der Waals surface area contributed by atoms with E-state index in [9.17, 15) is 9.59 Å². The van der Waals surface area contributed by atoms with Gasteiger partial charge in [-0.05, 0) is 42.7 Å². The molecule has 6 heteroatoms. The molecule has 1 saturated heterocycles. The van der Waals surface area contributed by atoms with Crippen molar-refractivity contribution in [3.63, 3.8) is 0 Å². The molecule has 0 spiro atoms. The first-order valence-electron chi connectivity index (χ1n) is 12.2. The third kappa shape index (κ3) is 7.04. The Hall–Kier alpha value is -1.92. The molecule has 0 saturated carbocycles. The highest BCUT2D eigenvalue weighted by Gasteiger charge is 2.26.